The first-order valence-electron chi connectivity index (χ1n) is 12.1. The smallest absolute Gasteiger partial charge is 0.295 e. The van der Waals surface area contributed by atoms with Gasteiger partial charge in [-0.3, -0.25) is 9.59 Å². The van der Waals surface area contributed by atoms with Gasteiger partial charge < -0.3 is 14.9 Å². The summed E-state index contributed by atoms with van der Waals surface area (Å²) in [6.07, 6.45) is 1.55. The largest absolute Gasteiger partial charge is 0.507 e. The Bertz CT molecular complexity index is 1300. The molecular formula is C29H34N4O3. The van der Waals surface area contributed by atoms with Crippen LogP contribution in [0.25, 0.3) is 11.4 Å². The van der Waals surface area contributed by atoms with E-state index in [9.17, 15) is 14.7 Å². The molecule has 1 saturated heterocycles. The summed E-state index contributed by atoms with van der Waals surface area (Å²) < 4.78 is 1.71. The van der Waals surface area contributed by atoms with Crippen LogP contribution in [0.3, 0.4) is 0 Å². The number of aliphatic hydroxyl groups is 1. The Kier molecular flexibility index (Phi) is 6.87. The van der Waals surface area contributed by atoms with Crippen LogP contribution in [0.1, 0.15) is 49.2 Å². The van der Waals surface area contributed by atoms with Crippen LogP contribution in [0.5, 0.6) is 0 Å². The number of aromatic nitrogens is 2. The number of amides is 1. The van der Waals surface area contributed by atoms with Crippen LogP contribution in [0.15, 0.2) is 66.4 Å². The lowest BCUT2D eigenvalue weighted by atomic mass is 9.85. The van der Waals surface area contributed by atoms with Crippen molar-refractivity contribution in [2.75, 3.05) is 27.2 Å². The van der Waals surface area contributed by atoms with Crippen LogP contribution >= 0.6 is 0 Å². The Labute approximate surface area is 212 Å². The van der Waals surface area contributed by atoms with E-state index in [1.165, 1.54) is 0 Å². The molecule has 1 atom stereocenters. The number of aliphatic hydroxyl groups excluding tert-OH is 1. The molecule has 188 valence electrons. The predicted octanol–water partition coefficient (Wildman–Crippen LogP) is 4.46. The lowest BCUT2D eigenvalue weighted by Crippen LogP contribution is -2.35. The van der Waals surface area contributed by atoms with Gasteiger partial charge in [0, 0.05) is 13.1 Å². The lowest BCUT2D eigenvalue weighted by Gasteiger charge is -2.27. The summed E-state index contributed by atoms with van der Waals surface area (Å²) in [5.41, 5.74) is 3.95. The van der Waals surface area contributed by atoms with Crippen LogP contribution in [-0.4, -0.2) is 63.6 Å². The van der Waals surface area contributed by atoms with Gasteiger partial charge in [0.2, 0.25) is 0 Å². The van der Waals surface area contributed by atoms with Crippen LogP contribution in [-0.2, 0) is 15.0 Å². The van der Waals surface area contributed by atoms with Gasteiger partial charge in [-0.2, -0.15) is 5.10 Å². The molecule has 1 N–H and O–H groups in total. The lowest BCUT2D eigenvalue weighted by molar-refractivity contribution is -0.140. The van der Waals surface area contributed by atoms with E-state index in [0.29, 0.717) is 24.3 Å². The van der Waals surface area contributed by atoms with E-state index in [2.05, 4.69) is 25.9 Å². The van der Waals surface area contributed by atoms with Gasteiger partial charge in [-0.15, -0.1) is 0 Å². The number of rotatable bonds is 6. The Balaban J connectivity index is 1.84. The first kappa shape index (κ1) is 25.4. The molecule has 1 aromatic heterocycles. The summed E-state index contributed by atoms with van der Waals surface area (Å²) in [5, 5.41) is 15.9. The van der Waals surface area contributed by atoms with Crippen LogP contribution in [0.4, 0.5) is 0 Å². The number of benzene rings is 2. The van der Waals surface area contributed by atoms with E-state index in [1.54, 1.807) is 15.8 Å². The fraction of sp³-hybridized carbons (Fsp3) is 0.345. The minimum Gasteiger partial charge on any atom is -0.507 e. The molecule has 4 rings (SSSR count). The highest BCUT2D eigenvalue weighted by molar-refractivity contribution is 6.46. The third-order valence-corrected chi connectivity index (χ3v) is 6.69. The van der Waals surface area contributed by atoms with E-state index >= 15 is 0 Å². The molecule has 0 saturated carbocycles. The highest BCUT2D eigenvalue weighted by Crippen LogP contribution is 2.40. The van der Waals surface area contributed by atoms with E-state index < -0.39 is 17.7 Å². The number of ketones is 1. The topological polar surface area (TPSA) is 78.7 Å². The minimum absolute atomic E-state index is 0.0333. The normalized spacial score (nSPS) is 17.9. The summed E-state index contributed by atoms with van der Waals surface area (Å²) in [6.45, 7) is 9.20. The first-order valence-corrected chi connectivity index (χ1v) is 12.1. The fourth-order valence-electron chi connectivity index (χ4n) is 4.55. The molecule has 2 aromatic carbocycles. The fourth-order valence-corrected chi connectivity index (χ4v) is 4.55. The second kappa shape index (κ2) is 9.74. The predicted molar refractivity (Wildman–Crippen MR) is 141 cm³/mol. The van der Waals surface area contributed by atoms with E-state index in [4.69, 9.17) is 0 Å². The zero-order valence-electron chi connectivity index (χ0n) is 21.8. The first-order chi connectivity index (χ1) is 17.0. The van der Waals surface area contributed by atoms with Gasteiger partial charge >= 0.3 is 0 Å². The quantitative estimate of drug-likeness (QED) is 0.316. The zero-order chi connectivity index (χ0) is 26.2. The molecule has 0 spiro atoms. The van der Waals surface area contributed by atoms with Crippen molar-refractivity contribution in [2.45, 2.75) is 39.2 Å². The molecule has 7 nitrogen and oxygen atoms in total. The van der Waals surface area contributed by atoms with Crippen molar-refractivity contribution in [3.8, 4) is 5.69 Å². The minimum atomic E-state index is -0.682. The summed E-state index contributed by atoms with van der Waals surface area (Å²) >= 11 is 0. The Morgan fingerprint density at radius 3 is 2.25 bits per heavy atom. The van der Waals surface area contributed by atoms with Gasteiger partial charge in [-0.05, 0) is 49.7 Å². The summed E-state index contributed by atoms with van der Waals surface area (Å²) in [4.78, 5) is 30.0. The molecule has 0 aliphatic carbocycles. The van der Waals surface area contributed by atoms with Crippen molar-refractivity contribution in [1.82, 2.24) is 19.6 Å². The molecule has 7 heteroatoms. The number of hydrogen-bond donors (Lipinski definition) is 1. The van der Waals surface area contributed by atoms with Crippen LogP contribution in [0.2, 0.25) is 0 Å². The number of hydrogen-bond acceptors (Lipinski definition) is 5. The van der Waals surface area contributed by atoms with Gasteiger partial charge in [-0.1, -0.05) is 63.2 Å². The van der Waals surface area contributed by atoms with Crippen molar-refractivity contribution in [3.63, 3.8) is 0 Å². The monoisotopic (exact) mass is 486 g/mol. The number of likely N-dealkylation sites (N-methyl/N-ethyl adjacent to an activating group) is 1. The van der Waals surface area contributed by atoms with Gasteiger partial charge in [0.1, 0.15) is 5.76 Å². The maximum atomic E-state index is 13.3. The maximum Gasteiger partial charge on any atom is 0.295 e. The Morgan fingerprint density at radius 1 is 1.03 bits per heavy atom. The second-order valence-corrected chi connectivity index (χ2v) is 10.6. The van der Waals surface area contributed by atoms with Crippen molar-refractivity contribution in [2.24, 2.45) is 0 Å². The van der Waals surface area contributed by atoms with E-state index in [1.807, 2.05) is 80.5 Å². The Hall–Kier alpha value is -3.71. The van der Waals surface area contributed by atoms with Crippen LogP contribution < -0.4 is 0 Å². The number of para-hydroxylation sites is 1. The highest BCUT2D eigenvalue weighted by Gasteiger charge is 2.46. The molecule has 1 aliphatic heterocycles. The highest BCUT2D eigenvalue weighted by atomic mass is 16.3. The molecule has 0 radical (unpaired) electrons. The molecule has 1 aliphatic rings. The molecular weight excluding hydrogens is 452 g/mol. The molecule has 1 fully saturated rings. The third-order valence-electron chi connectivity index (χ3n) is 6.69. The summed E-state index contributed by atoms with van der Waals surface area (Å²) in [7, 11) is 3.84. The number of carbonyl (C=O) groups is 2. The van der Waals surface area contributed by atoms with Crippen molar-refractivity contribution >= 4 is 17.4 Å². The summed E-state index contributed by atoms with van der Waals surface area (Å²) in [6, 6.07) is 16.9. The van der Waals surface area contributed by atoms with Crippen LogP contribution in [0, 0.1) is 6.92 Å². The molecule has 36 heavy (non-hydrogen) atoms. The van der Waals surface area contributed by atoms with E-state index in [-0.39, 0.29) is 16.7 Å². The van der Waals surface area contributed by atoms with Crippen molar-refractivity contribution in [3.05, 3.63) is 88.8 Å². The van der Waals surface area contributed by atoms with Crippen molar-refractivity contribution < 1.29 is 14.7 Å². The number of nitrogens with zero attached hydrogens (tertiary/aromatic N) is 4. The molecule has 1 amide bonds. The number of carbonyl (C=O) groups excluding carboxylic acids is 2. The van der Waals surface area contributed by atoms with Gasteiger partial charge in [0.15, 0.2) is 0 Å². The molecule has 0 bridgehead atoms. The molecule has 3 aromatic rings. The average Bonchev–Trinajstić information content (AvgIpc) is 3.34. The summed E-state index contributed by atoms with van der Waals surface area (Å²) in [5.74, 6) is -1.48. The number of likely N-dealkylation sites (tertiary alicyclic amines) is 1. The van der Waals surface area contributed by atoms with Crippen molar-refractivity contribution in [1.29, 1.82) is 0 Å². The Morgan fingerprint density at radius 2 is 1.67 bits per heavy atom. The SMILES string of the molecule is Cc1c(/C(O)=C2\C(=O)C(=O)N(CCN(C)C)[C@H]2c2ccc(C(C)(C)C)cc2)cnn1-c1ccccc1. The van der Waals surface area contributed by atoms with E-state index in [0.717, 1.165) is 16.8 Å². The number of Topliss-reactive ketones (excluding diaryl/α,β-unsaturated/α-hetero) is 1. The van der Waals surface area contributed by atoms with Gasteiger partial charge in [-0.25, -0.2) is 4.68 Å². The third kappa shape index (κ3) is 4.71. The average molecular weight is 487 g/mol. The molecule has 0 unspecified atom stereocenters. The van der Waals surface area contributed by atoms with Gasteiger partial charge in [0.25, 0.3) is 11.7 Å². The molecule has 2 heterocycles. The maximum absolute atomic E-state index is 13.3. The van der Waals surface area contributed by atoms with Gasteiger partial charge in [0.05, 0.1) is 34.8 Å². The zero-order valence-corrected chi connectivity index (χ0v) is 21.8. The standard InChI is InChI=1S/C29H34N4O3/c1-19-23(18-30-33(19)22-10-8-7-9-11-22)26(34)24-25(20-12-14-21(15-13-20)29(2,3)4)32(17-16-31(5)6)28(36)27(24)35/h7-15,18,25,34H,16-17H2,1-6H3/b26-24+/t25-/m0/s1. The second-order valence-electron chi connectivity index (χ2n) is 10.6.